The molecule has 3 nitrogen and oxygen atoms in total. The Labute approximate surface area is 107 Å². The van der Waals surface area contributed by atoms with E-state index in [2.05, 4.69) is 12.2 Å². The van der Waals surface area contributed by atoms with Crippen LogP contribution in [0.2, 0.25) is 0 Å². The summed E-state index contributed by atoms with van der Waals surface area (Å²) in [6.45, 7) is 0.732. The van der Waals surface area contributed by atoms with E-state index < -0.39 is 5.97 Å². The minimum absolute atomic E-state index is 0.163. The van der Waals surface area contributed by atoms with E-state index in [1.165, 1.54) is 0 Å². The normalized spacial score (nSPS) is 14.9. The van der Waals surface area contributed by atoms with Gasteiger partial charge in [-0.05, 0) is 42.9 Å². The number of ether oxygens (including phenoxy) is 1. The molecule has 3 heteroatoms. The molecule has 96 valence electrons. The summed E-state index contributed by atoms with van der Waals surface area (Å²) >= 11 is 0. The van der Waals surface area contributed by atoms with Gasteiger partial charge in [-0.3, -0.25) is 4.79 Å². The number of hydrogen-bond acceptors (Lipinski definition) is 2. The van der Waals surface area contributed by atoms with Gasteiger partial charge in [0, 0.05) is 6.42 Å². The number of aryl methyl sites for hydroxylation is 1. The highest BCUT2D eigenvalue weighted by atomic mass is 16.5. The van der Waals surface area contributed by atoms with Crippen molar-refractivity contribution in [3.8, 4) is 5.75 Å². The van der Waals surface area contributed by atoms with E-state index in [-0.39, 0.29) is 6.42 Å². The standard InChI is InChI=1S/C15H18O3/c16-15(17)9-8-12-6-3-7-14(10-12)18-11-13-4-1-2-5-13/h1-3,6-7,10,13H,4-5,8-9,11H2,(H,16,17). The average molecular weight is 246 g/mol. The molecule has 0 aliphatic heterocycles. The monoisotopic (exact) mass is 246 g/mol. The van der Waals surface area contributed by atoms with Gasteiger partial charge in [-0.25, -0.2) is 0 Å². The third-order valence-corrected chi connectivity index (χ3v) is 3.12. The molecule has 0 aromatic heterocycles. The van der Waals surface area contributed by atoms with Gasteiger partial charge >= 0.3 is 5.97 Å². The van der Waals surface area contributed by atoms with Crippen LogP contribution in [0.15, 0.2) is 36.4 Å². The molecule has 2 rings (SSSR count). The maximum atomic E-state index is 10.5. The van der Waals surface area contributed by atoms with Crippen molar-refractivity contribution in [2.45, 2.75) is 25.7 Å². The molecule has 0 saturated heterocycles. The van der Waals surface area contributed by atoms with Crippen molar-refractivity contribution in [1.29, 1.82) is 0 Å². The molecule has 1 N–H and O–H groups in total. The van der Waals surface area contributed by atoms with Crippen LogP contribution in [0.1, 0.15) is 24.8 Å². The molecular formula is C15H18O3. The van der Waals surface area contributed by atoms with Gasteiger partial charge in [0.05, 0.1) is 6.61 Å². The first-order chi connectivity index (χ1) is 8.74. The lowest BCUT2D eigenvalue weighted by atomic mass is 10.1. The Hall–Kier alpha value is -1.77. The highest BCUT2D eigenvalue weighted by Crippen LogP contribution is 2.20. The predicted octanol–water partition coefficient (Wildman–Crippen LogP) is 3.05. The minimum Gasteiger partial charge on any atom is -0.493 e. The second-order valence-corrected chi connectivity index (χ2v) is 4.66. The summed E-state index contributed by atoms with van der Waals surface area (Å²) in [5, 5.41) is 8.65. The van der Waals surface area contributed by atoms with Gasteiger partial charge in [0.15, 0.2) is 0 Å². The van der Waals surface area contributed by atoms with Crippen molar-refractivity contribution in [2.75, 3.05) is 6.61 Å². The fourth-order valence-electron chi connectivity index (χ4n) is 2.07. The lowest BCUT2D eigenvalue weighted by molar-refractivity contribution is -0.136. The number of rotatable bonds is 6. The molecule has 18 heavy (non-hydrogen) atoms. The van der Waals surface area contributed by atoms with Gasteiger partial charge in [0.2, 0.25) is 0 Å². The summed E-state index contributed by atoms with van der Waals surface area (Å²) in [5.41, 5.74) is 1.01. The number of carboxylic acid groups (broad SMARTS) is 1. The smallest absolute Gasteiger partial charge is 0.303 e. The molecule has 0 saturated carbocycles. The van der Waals surface area contributed by atoms with E-state index in [0.717, 1.165) is 30.8 Å². The lowest BCUT2D eigenvalue weighted by Crippen LogP contribution is -2.08. The third kappa shape index (κ3) is 3.91. The van der Waals surface area contributed by atoms with E-state index in [1.807, 2.05) is 24.3 Å². The van der Waals surface area contributed by atoms with Crippen LogP contribution in [-0.2, 0) is 11.2 Å². The molecule has 0 atom stereocenters. The minimum atomic E-state index is -0.765. The van der Waals surface area contributed by atoms with Crippen molar-refractivity contribution in [3.63, 3.8) is 0 Å². The zero-order valence-corrected chi connectivity index (χ0v) is 10.3. The molecular weight excluding hydrogens is 228 g/mol. The Morgan fingerprint density at radius 3 is 2.83 bits per heavy atom. The van der Waals surface area contributed by atoms with Gasteiger partial charge in [0.25, 0.3) is 0 Å². The van der Waals surface area contributed by atoms with Crippen molar-refractivity contribution in [2.24, 2.45) is 5.92 Å². The van der Waals surface area contributed by atoms with Crippen LogP contribution >= 0.6 is 0 Å². The number of carboxylic acids is 1. The lowest BCUT2D eigenvalue weighted by Gasteiger charge is -2.12. The Balaban J connectivity index is 1.84. The SMILES string of the molecule is O=C(O)CCc1cccc(OCC2CC=CC2)c1. The van der Waals surface area contributed by atoms with Crippen LogP contribution in [0.5, 0.6) is 5.75 Å². The molecule has 0 spiro atoms. The first kappa shape index (κ1) is 12.7. The van der Waals surface area contributed by atoms with Crippen molar-refractivity contribution in [1.82, 2.24) is 0 Å². The van der Waals surface area contributed by atoms with Crippen LogP contribution in [0.25, 0.3) is 0 Å². The quantitative estimate of drug-likeness (QED) is 0.785. The summed E-state index contributed by atoms with van der Waals surface area (Å²) in [5.74, 6) is 0.663. The molecule has 0 bridgehead atoms. The zero-order valence-electron chi connectivity index (χ0n) is 10.3. The second-order valence-electron chi connectivity index (χ2n) is 4.66. The summed E-state index contributed by atoms with van der Waals surface area (Å²) in [7, 11) is 0. The molecule has 1 aliphatic rings. The summed E-state index contributed by atoms with van der Waals surface area (Å²) in [6.07, 6.45) is 7.29. The van der Waals surface area contributed by atoms with Gasteiger partial charge < -0.3 is 9.84 Å². The largest absolute Gasteiger partial charge is 0.493 e. The average Bonchev–Trinajstić information content (AvgIpc) is 2.87. The molecule has 1 aromatic rings. The Kier molecular flexibility index (Phi) is 4.40. The highest BCUT2D eigenvalue weighted by molar-refractivity contribution is 5.67. The predicted molar refractivity (Wildman–Crippen MR) is 69.8 cm³/mol. The molecule has 0 fully saturated rings. The van der Waals surface area contributed by atoms with Crippen LogP contribution in [0.3, 0.4) is 0 Å². The Morgan fingerprint density at radius 1 is 1.33 bits per heavy atom. The first-order valence-corrected chi connectivity index (χ1v) is 6.32. The first-order valence-electron chi connectivity index (χ1n) is 6.32. The van der Waals surface area contributed by atoms with Crippen LogP contribution in [-0.4, -0.2) is 17.7 Å². The van der Waals surface area contributed by atoms with Gasteiger partial charge in [-0.15, -0.1) is 0 Å². The maximum Gasteiger partial charge on any atom is 0.303 e. The van der Waals surface area contributed by atoms with Crippen molar-refractivity contribution in [3.05, 3.63) is 42.0 Å². The molecule has 1 aliphatic carbocycles. The molecule has 0 heterocycles. The summed E-state index contributed by atoms with van der Waals surface area (Å²) in [6, 6.07) is 7.71. The second kappa shape index (κ2) is 6.24. The van der Waals surface area contributed by atoms with Crippen LogP contribution in [0.4, 0.5) is 0 Å². The zero-order chi connectivity index (χ0) is 12.8. The van der Waals surface area contributed by atoms with Gasteiger partial charge in [0.1, 0.15) is 5.75 Å². The van der Waals surface area contributed by atoms with E-state index in [1.54, 1.807) is 0 Å². The topological polar surface area (TPSA) is 46.5 Å². The van der Waals surface area contributed by atoms with Gasteiger partial charge in [-0.2, -0.15) is 0 Å². The van der Waals surface area contributed by atoms with E-state index >= 15 is 0 Å². The fraction of sp³-hybridized carbons (Fsp3) is 0.400. The maximum absolute atomic E-state index is 10.5. The highest BCUT2D eigenvalue weighted by Gasteiger charge is 2.10. The number of aliphatic carboxylic acids is 1. The number of hydrogen-bond donors (Lipinski definition) is 1. The Bertz CT molecular complexity index is 429. The van der Waals surface area contributed by atoms with E-state index in [0.29, 0.717) is 12.3 Å². The summed E-state index contributed by atoms with van der Waals surface area (Å²) < 4.78 is 5.75. The molecule has 0 unspecified atom stereocenters. The number of benzene rings is 1. The molecule has 0 radical (unpaired) electrons. The Morgan fingerprint density at radius 2 is 2.11 bits per heavy atom. The fourth-order valence-corrected chi connectivity index (χ4v) is 2.07. The molecule has 1 aromatic carbocycles. The van der Waals surface area contributed by atoms with E-state index in [9.17, 15) is 4.79 Å². The number of carbonyl (C=O) groups is 1. The van der Waals surface area contributed by atoms with Crippen LogP contribution in [0, 0.1) is 5.92 Å². The van der Waals surface area contributed by atoms with Crippen molar-refractivity contribution < 1.29 is 14.6 Å². The van der Waals surface area contributed by atoms with E-state index in [4.69, 9.17) is 9.84 Å². The third-order valence-electron chi connectivity index (χ3n) is 3.12. The summed E-state index contributed by atoms with van der Waals surface area (Å²) in [4.78, 5) is 10.5. The molecule has 0 amide bonds. The van der Waals surface area contributed by atoms with Crippen LogP contribution < -0.4 is 4.74 Å². The van der Waals surface area contributed by atoms with Gasteiger partial charge in [-0.1, -0.05) is 24.3 Å². The number of allylic oxidation sites excluding steroid dienone is 2. The van der Waals surface area contributed by atoms with Crippen molar-refractivity contribution >= 4 is 5.97 Å².